The molecule has 0 bridgehead atoms. The molecule has 1 heterocycles. The van der Waals surface area contributed by atoms with Crippen LogP contribution in [0.25, 0.3) is 0 Å². The molecule has 0 aliphatic heterocycles. The van der Waals surface area contributed by atoms with E-state index in [4.69, 9.17) is 0 Å². The van der Waals surface area contributed by atoms with Crippen LogP contribution < -0.4 is 0 Å². The molecular weight excluding hydrogens is 233 g/mol. The molecule has 0 radical (unpaired) electrons. The van der Waals surface area contributed by atoms with Gasteiger partial charge in [-0.2, -0.15) is 18.3 Å². The second-order valence-electron chi connectivity index (χ2n) is 3.80. The third kappa shape index (κ3) is 4.20. The number of ketones is 1. The van der Waals surface area contributed by atoms with Crippen LogP contribution in [-0.4, -0.2) is 21.7 Å². The maximum Gasteiger partial charge on any atom is 0.395 e. The first-order valence-corrected chi connectivity index (χ1v) is 5.49. The number of carbonyl (C=O) groups is 1. The Bertz CT molecular complexity index is 396. The summed E-state index contributed by atoms with van der Waals surface area (Å²) in [6, 6.07) is 1.69. The number of Topliss-reactive ketones (excluding diaryl/α,β-unsaturated/α-hetero) is 1. The van der Waals surface area contributed by atoms with Gasteiger partial charge in [0.1, 0.15) is 12.2 Å². The molecule has 1 aromatic rings. The quantitative estimate of drug-likeness (QED) is 0.802. The molecule has 6 heteroatoms. The average Bonchev–Trinajstić information content (AvgIpc) is 2.57. The second kappa shape index (κ2) is 5.33. The van der Waals surface area contributed by atoms with Crippen molar-refractivity contribution in [3.8, 4) is 0 Å². The molecule has 0 aliphatic carbocycles. The Balaban J connectivity index is 2.73. The fourth-order valence-corrected chi connectivity index (χ4v) is 1.59. The highest BCUT2D eigenvalue weighted by Gasteiger charge is 2.31. The lowest BCUT2D eigenvalue weighted by atomic mass is 10.1. The van der Waals surface area contributed by atoms with E-state index in [9.17, 15) is 18.0 Å². The van der Waals surface area contributed by atoms with E-state index in [1.54, 1.807) is 10.7 Å². The van der Waals surface area contributed by atoms with E-state index in [2.05, 4.69) is 5.10 Å². The van der Waals surface area contributed by atoms with Gasteiger partial charge >= 0.3 is 6.18 Å². The number of aryl methyl sites for hydroxylation is 2. The fraction of sp³-hybridized carbons (Fsp3) is 0.636. The third-order valence-corrected chi connectivity index (χ3v) is 2.35. The van der Waals surface area contributed by atoms with E-state index in [0.717, 1.165) is 5.69 Å². The van der Waals surface area contributed by atoms with Gasteiger partial charge in [-0.25, -0.2) is 0 Å². The number of hydrogen-bond donors (Lipinski definition) is 0. The maximum atomic E-state index is 12.0. The van der Waals surface area contributed by atoms with E-state index >= 15 is 0 Å². The molecule has 0 N–H and O–H groups in total. The van der Waals surface area contributed by atoms with Crippen LogP contribution in [0.5, 0.6) is 0 Å². The predicted molar refractivity (Wildman–Crippen MR) is 56.7 cm³/mol. The molecular formula is C11H15F3N2O. The van der Waals surface area contributed by atoms with E-state index in [1.807, 2.05) is 13.8 Å². The standard InChI is InChI=1S/C11H15F3N2O/c1-3-8-5-9(16(4-2)15-8)6-10(17)7-11(12,13)14/h5H,3-4,6-7H2,1-2H3. The molecule has 3 nitrogen and oxygen atoms in total. The molecule has 0 amide bonds. The third-order valence-electron chi connectivity index (χ3n) is 2.35. The largest absolute Gasteiger partial charge is 0.395 e. The molecule has 1 rings (SSSR count). The molecule has 0 spiro atoms. The first-order chi connectivity index (χ1) is 7.85. The SMILES string of the molecule is CCc1cc(CC(=O)CC(F)(F)F)n(CC)n1. The van der Waals surface area contributed by atoms with E-state index < -0.39 is 18.4 Å². The van der Waals surface area contributed by atoms with Gasteiger partial charge in [-0.15, -0.1) is 0 Å². The van der Waals surface area contributed by atoms with Crippen molar-refractivity contribution in [3.05, 3.63) is 17.5 Å². The lowest BCUT2D eigenvalue weighted by Gasteiger charge is -2.06. The van der Waals surface area contributed by atoms with Gasteiger partial charge in [-0.05, 0) is 19.4 Å². The molecule has 1 aromatic heterocycles. The van der Waals surface area contributed by atoms with Gasteiger partial charge in [0, 0.05) is 18.7 Å². The van der Waals surface area contributed by atoms with Crippen LogP contribution in [0.2, 0.25) is 0 Å². The molecule has 0 atom stereocenters. The molecule has 17 heavy (non-hydrogen) atoms. The van der Waals surface area contributed by atoms with E-state index in [1.165, 1.54) is 0 Å². The van der Waals surface area contributed by atoms with Gasteiger partial charge in [0.2, 0.25) is 0 Å². The zero-order valence-electron chi connectivity index (χ0n) is 9.84. The molecule has 0 fully saturated rings. The van der Waals surface area contributed by atoms with Crippen LogP contribution in [-0.2, 0) is 24.2 Å². The zero-order valence-corrected chi connectivity index (χ0v) is 9.84. The van der Waals surface area contributed by atoms with Crippen molar-refractivity contribution < 1.29 is 18.0 Å². The number of hydrogen-bond acceptors (Lipinski definition) is 2. The number of halogens is 3. The average molecular weight is 248 g/mol. The highest BCUT2D eigenvalue weighted by molar-refractivity contribution is 5.81. The fourth-order valence-electron chi connectivity index (χ4n) is 1.59. The van der Waals surface area contributed by atoms with Crippen molar-refractivity contribution in [3.63, 3.8) is 0 Å². The van der Waals surface area contributed by atoms with Crippen LogP contribution >= 0.6 is 0 Å². The number of alkyl halides is 3. The molecule has 0 unspecified atom stereocenters. The number of rotatable bonds is 5. The topological polar surface area (TPSA) is 34.9 Å². The summed E-state index contributed by atoms with van der Waals surface area (Å²) in [5.41, 5.74) is 1.35. The van der Waals surface area contributed by atoms with Gasteiger partial charge in [0.25, 0.3) is 0 Å². The van der Waals surface area contributed by atoms with Crippen molar-refractivity contribution in [2.24, 2.45) is 0 Å². The van der Waals surface area contributed by atoms with Crippen LogP contribution in [0, 0.1) is 0 Å². The number of nitrogens with zero attached hydrogens (tertiary/aromatic N) is 2. The summed E-state index contributed by atoms with van der Waals surface area (Å²) in [5.74, 6) is -0.824. The van der Waals surface area contributed by atoms with Crippen molar-refractivity contribution in [1.29, 1.82) is 0 Å². The van der Waals surface area contributed by atoms with Crippen LogP contribution in [0.1, 0.15) is 31.7 Å². The molecule has 96 valence electrons. The Labute approximate surface area is 97.6 Å². The van der Waals surface area contributed by atoms with E-state index in [0.29, 0.717) is 18.7 Å². The minimum Gasteiger partial charge on any atom is -0.299 e. The van der Waals surface area contributed by atoms with E-state index in [-0.39, 0.29) is 6.42 Å². The number of aromatic nitrogens is 2. The number of carbonyl (C=O) groups excluding carboxylic acids is 1. The summed E-state index contributed by atoms with van der Waals surface area (Å²) in [6.07, 6.45) is -5.31. The molecule has 0 saturated heterocycles. The highest BCUT2D eigenvalue weighted by Crippen LogP contribution is 2.21. The summed E-state index contributed by atoms with van der Waals surface area (Å²) in [4.78, 5) is 11.2. The lowest BCUT2D eigenvalue weighted by Crippen LogP contribution is -2.18. The van der Waals surface area contributed by atoms with Crippen LogP contribution in [0.15, 0.2) is 6.07 Å². The van der Waals surface area contributed by atoms with Gasteiger partial charge in [0.15, 0.2) is 0 Å². The minimum atomic E-state index is -4.43. The lowest BCUT2D eigenvalue weighted by molar-refractivity contribution is -0.151. The Morgan fingerprint density at radius 3 is 2.53 bits per heavy atom. The predicted octanol–water partition coefficient (Wildman–Crippen LogP) is 2.53. The molecule has 0 aliphatic rings. The Hall–Kier alpha value is -1.33. The minimum absolute atomic E-state index is 0.208. The second-order valence-corrected chi connectivity index (χ2v) is 3.80. The summed E-state index contributed by atoms with van der Waals surface area (Å²) in [6.45, 7) is 4.29. The smallest absolute Gasteiger partial charge is 0.299 e. The van der Waals surface area contributed by atoms with Crippen molar-refractivity contribution >= 4 is 5.78 Å². The van der Waals surface area contributed by atoms with Crippen LogP contribution in [0.3, 0.4) is 0 Å². The Kier molecular flexibility index (Phi) is 4.31. The van der Waals surface area contributed by atoms with Crippen molar-refractivity contribution in [2.75, 3.05) is 0 Å². The van der Waals surface area contributed by atoms with Crippen molar-refractivity contribution in [1.82, 2.24) is 9.78 Å². The van der Waals surface area contributed by atoms with Gasteiger partial charge < -0.3 is 0 Å². The summed E-state index contributed by atoms with van der Waals surface area (Å²) in [5, 5.41) is 4.18. The Morgan fingerprint density at radius 1 is 1.41 bits per heavy atom. The summed E-state index contributed by atoms with van der Waals surface area (Å²) >= 11 is 0. The first-order valence-electron chi connectivity index (χ1n) is 5.49. The van der Waals surface area contributed by atoms with Gasteiger partial charge in [-0.3, -0.25) is 9.48 Å². The van der Waals surface area contributed by atoms with Crippen LogP contribution in [0.4, 0.5) is 13.2 Å². The summed E-state index contributed by atoms with van der Waals surface area (Å²) in [7, 11) is 0. The Morgan fingerprint density at radius 2 is 2.06 bits per heavy atom. The zero-order chi connectivity index (χ0) is 13.1. The maximum absolute atomic E-state index is 12.0. The normalized spacial score (nSPS) is 11.8. The highest BCUT2D eigenvalue weighted by atomic mass is 19.4. The van der Waals surface area contributed by atoms with Gasteiger partial charge in [0.05, 0.1) is 5.69 Å². The molecule has 0 aromatic carbocycles. The molecule has 0 saturated carbocycles. The summed E-state index contributed by atoms with van der Waals surface area (Å²) < 4.78 is 37.6. The van der Waals surface area contributed by atoms with Crippen molar-refractivity contribution in [2.45, 2.75) is 45.8 Å². The monoisotopic (exact) mass is 248 g/mol. The first kappa shape index (κ1) is 13.7. The van der Waals surface area contributed by atoms with Gasteiger partial charge in [-0.1, -0.05) is 6.92 Å².